The van der Waals surface area contributed by atoms with Crippen LogP contribution >= 0.6 is 11.6 Å². The highest BCUT2D eigenvalue weighted by molar-refractivity contribution is 7.92. The predicted octanol–water partition coefficient (Wildman–Crippen LogP) is 3.79. The molecule has 2 aromatic carbocycles. The summed E-state index contributed by atoms with van der Waals surface area (Å²) in [6.45, 7) is 5.65. The zero-order valence-corrected chi connectivity index (χ0v) is 18.8. The number of nitrogens with zero attached hydrogens (tertiary/aromatic N) is 1. The van der Waals surface area contributed by atoms with Gasteiger partial charge in [0.25, 0.3) is 15.9 Å². The lowest BCUT2D eigenvalue weighted by Crippen LogP contribution is -2.31. The van der Waals surface area contributed by atoms with Gasteiger partial charge in [-0.1, -0.05) is 49.2 Å². The molecule has 0 bridgehead atoms. The van der Waals surface area contributed by atoms with E-state index in [0.717, 1.165) is 18.9 Å². The molecule has 2 rings (SSSR count). The second-order valence-corrected chi connectivity index (χ2v) is 8.85. The average molecular weight is 465 g/mol. The van der Waals surface area contributed by atoms with E-state index in [4.69, 9.17) is 16.3 Å². The van der Waals surface area contributed by atoms with Crippen LogP contribution in [0.4, 0.5) is 5.69 Å². The first-order valence-corrected chi connectivity index (χ1v) is 11.5. The van der Waals surface area contributed by atoms with Crippen LogP contribution in [-0.4, -0.2) is 40.0 Å². The number of ether oxygens (including phenoxy) is 1. The Kier molecular flexibility index (Phi) is 9.08. The van der Waals surface area contributed by atoms with Gasteiger partial charge >= 0.3 is 5.97 Å². The second-order valence-electron chi connectivity index (χ2n) is 6.58. The van der Waals surface area contributed by atoms with Gasteiger partial charge in [0.05, 0.1) is 27.7 Å². The molecule has 1 N–H and O–H groups in total. The van der Waals surface area contributed by atoms with Crippen molar-refractivity contribution in [1.82, 2.24) is 5.32 Å². The number of benzene rings is 2. The van der Waals surface area contributed by atoms with E-state index in [2.05, 4.69) is 11.9 Å². The molecule has 0 atom stereocenters. The van der Waals surface area contributed by atoms with Crippen LogP contribution in [0.3, 0.4) is 0 Å². The predicted molar refractivity (Wildman–Crippen MR) is 121 cm³/mol. The number of carbonyl (C=O) groups is 2. The third-order valence-electron chi connectivity index (χ3n) is 4.27. The zero-order valence-electron chi connectivity index (χ0n) is 17.2. The van der Waals surface area contributed by atoms with Crippen LogP contribution in [0.5, 0.6) is 0 Å². The van der Waals surface area contributed by atoms with Gasteiger partial charge in [-0.15, -0.1) is 6.58 Å². The van der Waals surface area contributed by atoms with Gasteiger partial charge in [0.15, 0.2) is 6.61 Å². The minimum atomic E-state index is -4.02. The number of para-hydroxylation sites is 1. The Morgan fingerprint density at radius 2 is 1.90 bits per heavy atom. The third kappa shape index (κ3) is 6.57. The molecule has 0 spiro atoms. The lowest BCUT2D eigenvalue weighted by molar-refractivity contribution is -0.124. The molecule has 0 aliphatic rings. The number of sulfonamides is 1. The molecule has 0 fully saturated rings. The van der Waals surface area contributed by atoms with Gasteiger partial charge in [-0.2, -0.15) is 0 Å². The summed E-state index contributed by atoms with van der Waals surface area (Å²) in [7, 11) is -4.02. The van der Waals surface area contributed by atoms with Crippen molar-refractivity contribution in [3.8, 4) is 0 Å². The molecule has 0 radical (unpaired) electrons. The van der Waals surface area contributed by atoms with Gasteiger partial charge < -0.3 is 10.1 Å². The smallest absolute Gasteiger partial charge is 0.340 e. The van der Waals surface area contributed by atoms with Crippen LogP contribution in [0.2, 0.25) is 5.02 Å². The Bertz CT molecular complexity index is 1030. The van der Waals surface area contributed by atoms with Crippen molar-refractivity contribution in [2.24, 2.45) is 0 Å². The molecule has 0 aliphatic carbocycles. The topological polar surface area (TPSA) is 92.8 Å². The Labute approximate surface area is 187 Å². The molecule has 0 aliphatic heterocycles. The molecule has 7 nitrogen and oxygen atoms in total. The average Bonchev–Trinajstić information content (AvgIpc) is 2.76. The number of anilines is 1. The fraction of sp³-hybridized carbons (Fsp3) is 0.273. The highest BCUT2D eigenvalue weighted by Gasteiger charge is 2.26. The van der Waals surface area contributed by atoms with E-state index in [9.17, 15) is 18.0 Å². The summed E-state index contributed by atoms with van der Waals surface area (Å²) in [6, 6.07) is 12.3. The van der Waals surface area contributed by atoms with Crippen LogP contribution in [-0.2, 0) is 19.6 Å². The van der Waals surface area contributed by atoms with Crippen LogP contribution in [0.1, 0.15) is 30.1 Å². The summed E-state index contributed by atoms with van der Waals surface area (Å²) in [5, 5.41) is 2.65. The zero-order chi connectivity index (χ0) is 22.9. The summed E-state index contributed by atoms with van der Waals surface area (Å²) in [5.74, 6) is -1.33. The number of nitrogens with one attached hydrogen (secondary N) is 1. The first-order chi connectivity index (χ1) is 14.8. The molecule has 0 aromatic heterocycles. The number of halogens is 1. The molecule has 1 amide bonds. The maximum Gasteiger partial charge on any atom is 0.340 e. The first kappa shape index (κ1) is 24.4. The van der Waals surface area contributed by atoms with Crippen LogP contribution < -0.4 is 9.62 Å². The summed E-state index contributed by atoms with van der Waals surface area (Å²) >= 11 is 6.09. The van der Waals surface area contributed by atoms with Crippen molar-refractivity contribution in [3.05, 3.63) is 71.8 Å². The molecule has 31 heavy (non-hydrogen) atoms. The van der Waals surface area contributed by atoms with E-state index >= 15 is 0 Å². The molecule has 0 unspecified atom stereocenters. The van der Waals surface area contributed by atoms with E-state index in [1.165, 1.54) is 22.5 Å². The summed E-state index contributed by atoms with van der Waals surface area (Å²) < 4.78 is 32.6. The Hall–Kier alpha value is -2.84. The summed E-state index contributed by atoms with van der Waals surface area (Å²) in [5.41, 5.74) is 0.306. The summed E-state index contributed by atoms with van der Waals surface area (Å²) in [4.78, 5) is 24.0. The molecular weight excluding hydrogens is 440 g/mol. The number of amides is 1. The van der Waals surface area contributed by atoms with Gasteiger partial charge in [0, 0.05) is 6.54 Å². The maximum absolute atomic E-state index is 13.2. The van der Waals surface area contributed by atoms with Gasteiger partial charge in [-0.05, 0) is 36.8 Å². The van der Waals surface area contributed by atoms with E-state index in [1.807, 2.05) is 6.92 Å². The highest BCUT2D eigenvalue weighted by atomic mass is 35.5. The monoisotopic (exact) mass is 464 g/mol. The minimum absolute atomic E-state index is 0.0188. The molecular formula is C22H25ClN2O5S. The fourth-order valence-electron chi connectivity index (χ4n) is 2.67. The number of rotatable bonds is 11. The van der Waals surface area contributed by atoms with E-state index < -0.39 is 28.5 Å². The van der Waals surface area contributed by atoms with Crippen molar-refractivity contribution in [2.45, 2.75) is 24.7 Å². The van der Waals surface area contributed by atoms with Gasteiger partial charge in [0.2, 0.25) is 0 Å². The Morgan fingerprint density at radius 1 is 1.19 bits per heavy atom. The minimum Gasteiger partial charge on any atom is -0.452 e. The van der Waals surface area contributed by atoms with Gasteiger partial charge in [0.1, 0.15) is 0 Å². The Morgan fingerprint density at radius 3 is 2.55 bits per heavy atom. The molecule has 0 heterocycles. The fourth-order valence-corrected chi connectivity index (χ4v) is 4.32. The number of hydrogen-bond acceptors (Lipinski definition) is 5. The molecule has 0 saturated heterocycles. The van der Waals surface area contributed by atoms with Crippen molar-refractivity contribution in [2.75, 3.05) is 24.0 Å². The molecule has 166 valence electrons. The molecule has 9 heteroatoms. The lowest BCUT2D eigenvalue weighted by Gasteiger charge is -2.23. The Balaban J connectivity index is 2.25. The maximum atomic E-state index is 13.2. The molecule has 2 aromatic rings. The van der Waals surface area contributed by atoms with Crippen LogP contribution in [0, 0.1) is 0 Å². The number of esters is 1. The lowest BCUT2D eigenvalue weighted by atomic mass is 10.2. The van der Waals surface area contributed by atoms with Crippen molar-refractivity contribution >= 4 is 39.2 Å². The highest BCUT2D eigenvalue weighted by Crippen LogP contribution is 2.27. The number of unbranched alkanes of at least 4 members (excludes halogenated alkanes) is 1. The number of hydrogen-bond donors (Lipinski definition) is 1. The quantitative estimate of drug-likeness (QED) is 0.310. The van der Waals surface area contributed by atoms with Gasteiger partial charge in [-0.25, -0.2) is 13.2 Å². The SMILES string of the molecule is C=CCN(c1ccccc1)S(=O)(=O)c1ccc(Cl)c(C(=O)OCC(=O)NCCCC)c1. The molecule has 0 saturated carbocycles. The van der Waals surface area contributed by atoms with E-state index in [1.54, 1.807) is 30.3 Å². The third-order valence-corrected chi connectivity index (χ3v) is 6.39. The largest absolute Gasteiger partial charge is 0.452 e. The second kappa shape index (κ2) is 11.5. The number of carbonyl (C=O) groups excluding carboxylic acids is 2. The van der Waals surface area contributed by atoms with Crippen LogP contribution in [0.25, 0.3) is 0 Å². The van der Waals surface area contributed by atoms with Crippen molar-refractivity contribution in [1.29, 1.82) is 0 Å². The van der Waals surface area contributed by atoms with E-state index in [0.29, 0.717) is 12.2 Å². The summed E-state index contributed by atoms with van der Waals surface area (Å²) in [6.07, 6.45) is 3.20. The van der Waals surface area contributed by atoms with Crippen LogP contribution in [0.15, 0.2) is 66.1 Å². The standard InChI is InChI=1S/C22H25ClN2O5S/c1-3-5-13-24-21(26)16-30-22(27)19-15-18(11-12-20(19)23)31(28,29)25(14-4-2)17-9-7-6-8-10-17/h4,6-12,15H,2-3,5,13-14,16H2,1H3,(H,24,26). The van der Waals surface area contributed by atoms with Gasteiger partial charge in [-0.3, -0.25) is 9.10 Å². The van der Waals surface area contributed by atoms with Crippen molar-refractivity contribution in [3.63, 3.8) is 0 Å². The van der Waals surface area contributed by atoms with E-state index in [-0.39, 0.29) is 22.0 Å². The normalized spacial score (nSPS) is 10.9. The van der Waals surface area contributed by atoms with Crippen molar-refractivity contribution < 1.29 is 22.7 Å². The first-order valence-electron chi connectivity index (χ1n) is 9.73.